The molecule has 18 heavy (non-hydrogen) atoms. The van der Waals surface area contributed by atoms with Crippen molar-refractivity contribution < 1.29 is 9.21 Å². The van der Waals surface area contributed by atoms with Crippen molar-refractivity contribution in [1.82, 2.24) is 5.32 Å². The lowest BCUT2D eigenvalue weighted by molar-refractivity contribution is -0.122. The van der Waals surface area contributed by atoms with E-state index in [-0.39, 0.29) is 5.91 Å². The number of nitrogens with one attached hydrogen (secondary N) is 1. The van der Waals surface area contributed by atoms with Crippen LogP contribution in [0.4, 0.5) is 0 Å². The Kier molecular flexibility index (Phi) is 2.62. The number of fused-ring (bicyclic) bond motifs is 1. The summed E-state index contributed by atoms with van der Waals surface area (Å²) in [5.74, 6) is 0.510. The minimum atomic E-state index is 0.165. The maximum absolute atomic E-state index is 11.6. The smallest absolute Gasteiger partial charge is 0.220 e. The average molecular weight is 243 g/mol. The van der Waals surface area contributed by atoms with E-state index in [1.54, 1.807) is 6.26 Å². The highest BCUT2D eigenvalue weighted by molar-refractivity contribution is 5.81. The molecule has 0 bridgehead atoms. The third-order valence-corrected chi connectivity index (χ3v) is 4.11. The van der Waals surface area contributed by atoms with Crippen LogP contribution in [0.5, 0.6) is 0 Å². The van der Waals surface area contributed by atoms with E-state index in [0.717, 1.165) is 13.0 Å². The summed E-state index contributed by atoms with van der Waals surface area (Å²) in [5, 5.41) is 2.90. The minimum absolute atomic E-state index is 0.165. The van der Waals surface area contributed by atoms with Gasteiger partial charge in [0, 0.05) is 18.5 Å². The van der Waals surface area contributed by atoms with Crippen molar-refractivity contribution in [2.45, 2.75) is 32.6 Å². The maximum Gasteiger partial charge on any atom is 0.220 e. The molecule has 2 heterocycles. The van der Waals surface area contributed by atoms with Crippen LogP contribution >= 0.6 is 0 Å². The first-order valence-corrected chi connectivity index (χ1v) is 6.40. The zero-order valence-electron chi connectivity index (χ0n) is 10.7. The second-order valence-corrected chi connectivity index (χ2v) is 5.09. The predicted octanol–water partition coefficient (Wildman–Crippen LogP) is 2.99. The van der Waals surface area contributed by atoms with Crippen molar-refractivity contribution in [3.8, 4) is 11.1 Å². The molecule has 0 radical (unpaired) electrons. The molecule has 1 amide bonds. The van der Waals surface area contributed by atoms with Gasteiger partial charge in [-0.1, -0.05) is 0 Å². The second-order valence-electron chi connectivity index (χ2n) is 5.09. The molecule has 1 aliphatic carbocycles. The summed E-state index contributed by atoms with van der Waals surface area (Å²) in [6.45, 7) is 5.06. The van der Waals surface area contributed by atoms with Gasteiger partial charge < -0.3 is 9.73 Å². The molecule has 94 valence electrons. The van der Waals surface area contributed by atoms with E-state index in [1.165, 1.54) is 27.8 Å². The SMILES string of the molecule is Cc1c2coccc-2c(C2CCNC(=O)C2)c1C. The number of piperidine rings is 1. The molecule has 3 heteroatoms. The van der Waals surface area contributed by atoms with Crippen molar-refractivity contribution in [3.63, 3.8) is 0 Å². The summed E-state index contributed by atoms with van der Waals surface area (Å²) >= 11 is 0. The molecule has 3 aliphatic rings. The minimum Gasteiger partial charge on any atom is -0.472 e. The molecule has 0 aromatic carbocycles. The molecular formula is C15H17NO2. The van der Waals surface area contributed by atoms with Crippen molar-refractivity contribution >= 4 is 5.91 Å². The Bertz CT molecular complexity index is 570. The largest absolute Gasteiger partial charge is 0.472 e. The van der Waals surface area contributed by atoms with Crippen LogP contribution in [0.1, 0.15) is 35.4 Å². The molecule has 1 unspecified atom stereocenters. The lowest BCUT2D eigenvalue weighted by Crippen LogP contribution is -2.32. The maximum atomic E-state index is 11.6. The Balaban J connectivity index is 2.11. The molecule has 0 spiro atoms. The summed E-state index contributed by atoms with van der Waals surface area (Å²) < 4.78 is 5.27. The summed E-state index contributed by atoms with van der Waals surface area (Å²) in [7, 11) is 0. The molecule has 0 aromatic rings. The van der Waals surface area contributed by atoms with Crippen molar-refractivity contribution in [2.75, 3.05) is 6.54 Å². The number of hydrogen-bond acceptors (Lipinski definition) is 2. The predicted molar refractivity (Wildman–Crippen MR) is 69.8 cm³/mol. The van der Waals surface area contributed by atoms with Crippen LogP contribution in [-0.2, 0) is 4.79 Å². The topological polar surface area (TPSA) is 42.2 Å². The fraction of sp³-hybridized carbons (Fsp3) is 0.400. The molecule has 0 aromatic heterocycles. The lowest BCUT2D eigenvalue weighted by atomic mass is 9.87. The number of hydrogen-bond donors (Lipinski definition) is 1. The first-order valence-electron chi connectivity index (χ1n) is 6.40. The Morgan fingerprint density at radius 2 is 2.11 bits per heavy atom. The number of carbonyl (C=O) groups excluding carboxylic acids is 1. The molecular weight excluding hydrogens is 226 g/mol. The van der Waals surface area contributed by atoms with Gasteiger partial charge in [0.05, 0.1) is 12.5 Å². The van der Waals surface area contributed by atoms with Gasteiger partial charge in [0.2, 0.25) is 5.91 Å². The molecule has 3 rings (SSSR count). The normalized spacial score (nSPS) is 20.1. The van der Waals surface area contributed by atoms with Gasteiger partial charge >= 0.3 is 0 Å². The van der Waals surface area contributed by atoms with Gasteiger partial charge in [-0.05, 0) is 54.5 Å². The van der Waals surface area contributed by atoms with Gasteiger partial charge in [-0.2, -0.15) is 0 Å². The summed E-state index contributed by atoms with van der Waals surface area (Å²) in [6.07, 6.45) is 5.15. The summed E-state index contributed by atoms with van der Waals surface area (Å²) in [4.78, 5) is 11.6. The van der Waals surface area contributed by atoms with Crippen LogP contribution in [0, 0.1) is 13.8 Å². The van der Waals surface area contributed by atoms with Crippen LogP contribution in [0.2, 0.25) is 0 Å². The van der Waals surface area contributed by atoms with E-state index < -0.39 is 0 Å². The van der Waals surface area contributed by atoms with Crippen molar-refractivity contribution in [1.29, 1.82) is 0 Å². The highest BCUT2D eigenvalue weighted by atomic mass is 16.3. The first-order chi connectivity index (χ1) is 8.68. The van der Waals surface area contributed by atoms with Crippen molar-refractivity contribution in [2.24, 2.45) is 0 Å². The first kappa shape index (κ1) is 11.3. The molecule has 3 nitrogen and oxygen atoms in total. The zero-order valence-corrected chi connectivity index (χ0v) is 10.7. The standard InChI is InChI=1S/C15H17NO2/c1-9-10(2)15(11-3-5-16-14(17)7-11)12-4-6-18-8-13(9)12/h4,6,8,11H,3,5,7H2,1-2H3,(H,16,17). The van der Waals surface area contributed by atoms with E-state index in [0.29, 0.717) is 12.3 Å². The molecule has 0 saturated carbocycles. The number of amides is 1. The fourth-order valence-corrected chi connectivity index (χ4v) is 3.06. The number of rotatable bonds is 1. The zero-order chi connectivity index (χ0) is 12.7. The van der Waals surface area contributed by atoms with Gasteiger partial charge in [0.15, 0.2) is 0 Å². The van der Waals surface area contributed by atoms with E-state index >= 15 is 0 Å². The van der Waals surface area contributed by atoms with Gasteiger partial charge in [-0.25, -0.2) is 0 Å². The van der Waals surface area contributed by atoms with Gasteiger partial charge in [0.25, 0.3) is 0 Å². The highest BCUT2D eigenvalue weighted by Crippen LogP contribution is 2.42. The Morgan fingerprint density at radius 1 is 1.28 bits per heavy atom. The Labute approximate surface area is 107 Å². The fourth-order valence-electron chi connectivity index (χ4n) is 3.06. The van der Waals surface area contributed by atoms with Gasteiger partial charge in [0.1, 0.15) is 0 Å². The molecule has 1 fully saturated rings. The highest BCUT2D eigenvalue weighted by Gasteiger charge is 2.28. The Hall–Kier alpha value is -1.77. The third kappa shape index (κ3) is 1.62. The molecule has 1 atom stereocenters. The molecule has 1 saturated heterocycles. The second kappa shape index (κ2) is 4.16. The van der Waals surface area contributed by atoms with Gasteiger partial charge in [-0.15, -0.1) is 0 Å². The molecule has 1 N–H and O–H groups in total. The summed E-state index contributed by atoms with van der Waals surface area (Å²) in [5.41, 5.74) is 6.35. The van der Waals surface area contributed by atoms with Crippen molar-refractivity contribution in [3.05, 3.63) is 35.3 Å². The number of carbonyl (C=O) groups is 1. The van der Waals surface area contributed by atoms with Crippen LogP contribution in [0.25, 0.3) is 11.1 Å². The van der Waals surface area contributed by atoms with Crippen LogP contribution in [0.15, 0.2) is 23.0 Å². The lowest BCUT2D eigenvalue weighted by Gasteiger charge is -2.23. The Morgan fingerprint density at radius 3 is 2.89 bits per heavy atom. The van der Waals surface area contributed by atoms with E-state index in [4.69, 9.17) is 4.42 Å². The monoisotopic (exact) mass is 243 g/mol. The van der Waals surface area contributed by atoms with E-state index in [2.05, 4.69) is 19.2 Å². The summed E-state index contributed by atoms with van der Waals surface area (Å²) in [6, 6.07) is 2.02. The average Bonchev–Trinajstić information content (AvgIpc) is 2.63. The quantitative estimate of drug-likeness (QED) is 0.836. The van der Waals surface area contributed by atoms with Crippen LogP contribution in [0.3, 0.4) is 0 Å². The van der Waals surface area contributed by atoms with Crippen LogP contribution in [-0.4, -0.2) is 12.5 Å². The van der Waals surface area contributed by atoms with Crippen LogP contribution < -0.4 is 5.32 Å². The molecule has 2 aliphatic heterocycles. The van der Waals surface area contributed by atoms with E-state index in [9.17, 15) is 4.79 Å². The van der Waals surface area contributed by atoms with Gasteiger partial charge in [-0.3, -0.25) is 4.79 Å². The van der Waals surface area contributed by atoms with E-state index in [1.807, 2.05) is 12.3 Å². The third-order valence-electron chi connectivity index (χ3n) is 4.11.